The van der Waals surface area contributed by atoms with Crippen LogP contribution in [0.3, 0.4) is 0 Å². The van der Waals surface area contributed by atoms with Crippen molar-refractivity contribution < 1.29 is 19.0 Å². The Hall–Kier alpha value is -2.86. The number of nitrogens with zero attached hydrogens (tertiary/aromatic N) is 1. The van der Waals surface area contributed by atoms with Crippen molar-refractivity contribution in [1.29, 1.82) is 0 Å². The summed E-state index contributed by atoms with van der Waals surface area (Å²) in [5.41, 5.74) is 2.29. The maximum absolute atomic E-state index is 12.9. The molecule has 2 aromatic carbocycles. The quantitative estimate of drug-likeness (QED) is 0.727. The van der Waals surface area contributed by atoms with E-state index in [1.54, 1.807) is 26.4 Å². The highest BCUT2D eigenvalue weighted by molar-refractivity contribution is 6.36. The molecule has 1 aliphatic heterocycles. The molecule has 27 heavy (non-hydrogen) atoms. The molecule has 4 rings (SSSR count). The summed E-state index contributed by atoms with van der Waals surface area (Å²) in [6.07, 6.45) is 0. The Balaban J connectivity index is 1.61. The van der Waals surface area contributed by atoms with Gasteiger partial charge < -0.3 is 24.1 Å². The lowest BCUT2D eigenvalue weighted by molar-refractivity contribution is 0.0940. The highest BCUT2D eigenvalue weighted by Crippen LogP contribution is 2.36. The first-order valence-corrected chi connectivity index (χ1v) is 8.94. The minimum atomic E-state index is -0.173. The summed E-state index contributed by atoms with van der Waals surface area (Å²) in [4.78, 5) is 12.9. The first kappa shape index (κ1) is 17.5. The standard InChI is InChI=1S/C20H19ClN2O4/c1-25-13-4-3-12(18(9-13)26-2)11-22-20(24)16-10-14-15(21)5-6-17-19(14)23(16)7-8-27-17/h3-6,9-10H,7-8,11H2,1-2H3,(H,22,24). The molecule has 0 saturated heterocycles. The van der Waals surface area contributed by atoms with Gasteiger partial charge in [-0.2, -0.15) is 0 Å². The van der Waals surface area contributed by atoms with Crippen molar-refractivity contribution in [3.8, 4) is 17.2 Å². The average Bonchev–Trinajstić information content (AvgIpc) is 3.10. The Morgan fingerprint density at radius 1 is 1.22 bits per heavy atom. The molecule has 1 aliphatic rings. The molecule has 0 bridgehead atoms. The van der Waals surface area contributed by atoms with Crippen LogP contribution in [0.2, 0.25) is 5.02 Å². The van der Waals surface area contributed by atoms with Gasteiger partial charge in [-0.1, -0.05) is 11.6 Å². The zero-order chi connectivity index (χ0) is 19.0. The van der Waals surface area contributed by atoms with Crippen molar-refractivity contribution in [3.63, 3.8) is 0 Å². The van der Waals surface area contributed by atoms with Crippen LogP contribution in [0, 0.1) is 0 Å². The van der Waals surface area contributed by atoms with Crippen LogP contribution in [0.15, 0.2) is 36.4 Å². The monoisotopic (exact) mass is 386 g/mol. The summed E-state index contributed by atoms with van der Waals surface area (Å²) in [7, 11) is 3.19. The minimum absolute atomic E-state index is 0.173. The molecule has 1 N–H and O–H groups in total. The van der Waals surface area contributed by atoms with Crippen LogP contribution in [0.25, 0.3) is 10.9 Å². The third kappa shape index (κ3) is 3.06. The number of carbonyl (C=O) groups is 1. The molecule has 140 valence electrons. The second kappa shape index (κ2) is 7.04. The van der Waals surface area contributed by atoms with Crippen LogP contribution in [-0.2, 0) is 13.1 Å². The fourth-order valence-electron chi connectivity index (χ4n) is 3.36. The van der Waals surface area contributed by atoms with E-state index in [-0.39, 0.29) is 5.91 Å². The Bertz CT molecular complexity index is 1030. The van der Waals surface area contributed by atoms with Crippen molar-refractivity contribution >= 4 is 28.4 Å². The molecule has 6 nitrogen and oxygen atoms in total. The number of nitrogens with one attached hydrogen (secondary N) is 1. The van der Waals surface area contributed by atoms with E-state index in [4.69, 9.17) is 25.8 Å². The lowest BCUT2D eigenvalue weighted by Crippen LogP contribution is -2.27. The number of hydrogen-bond donors (Lipinski definition) is 1. The molecule has 0 aliphatic carbocycles. The van der Waals surface area contributed by atoms with Gasteiger partial charge in [-0.15, -0.1) is 0 Å². The van der Waals surface area contributed by atoms with Crippen molar-refractivity contribution in [2.75, 3.05) is 20.8 Å². The second-order valence-electron chi connectivity index (χ2n) is 6.20. The van der Waals surface area contributed by atoms with Crippen molar-refractivity contribution in [2.45, 2.75) is 13.1 Å². The van der Waals surface area contributed by atoms with Gasteiger partial charge in [0, 0.05) is 23.6 Å². The van der Waals surface area contributed by atoms with Crippen LogP contribution in [0.5, 0.6) is 17.2 Å². The van der Waals surface area contributed by atoms with Crippen LogP contribution in [0.1, 0.15) is 16.1 Å². The van der Waals surface area contributed by atoms with Crippen molar-refractivity contribution in [1.82, 2.24) is 9.88 Å². The topological polar surface area (TPSA) is 61.7 Å². The van der Waals surface area contributed by atoms with E-state index in [1.165, 1.54) is 0 Å². The number of methoxy groups -OCH3 is 2. The Morgan fingerprint density at radius 3 is 2.85 bits per heavy atom. The molecule has 7 heteroatoms. The molecule has 0 atom stereocenters. The van der Waals surface area contributed by atoms with E-state index >= 15 is 0 Å². The third-order valence-corrected chi connectivity index (χ3v) is 5.04. The number of ether oxygens (including phenoxy) is 3. The first-order chi connectivity index (χ1) is 13.1. The summed E-state index contributed by atoms with van der Waals surface area (Å²) < 4.78 is 18.2. The van der Waals surface area contributed by atoms with Gasteiger partial charge in [0.05, 0.1) is 31.3 Å². The average molecular weight is 387 g/mol. The lowest BCUT2D eigenvalue weighted by atomic mass is 10.2. The summed E-state index contributed by atoms with van der Waals surface area (Å²) in [6, 6.07) is 10.9. The van der Waals surface area contributed by atoms with Gasteiger partial charge in [0.15, 0.2) is 0 Å². The molecule has 0 radical (unpaired) electrons. The Kier molecular flexibility index (Phi) is 4.58. The zero-order valence-electron chi connectivity index (χ0n) is 15.0. The zero-order valence-corrected chi connectivity index (χ0v) is 15.8. The van der Waals surface area contributed by atoms with E-state index in [1.807, 2.05) is 28.8 Å². The minimum Gasteiger partial charge on any atom is -0.497 e. The highest BCUT2D eigenvalue weighted by atomic mass is 35.5. The fraction of sp³-hybridized carbons (Fsp3) is 0.250. The summed E-state index contributed by atoms with van der Waals surface area (Å²) in [6.45, 7) is 1.46. The van der Waals surface area contributed by atoms with E-state index in [0.717, 1.165) is 22.2 Å². The maximum Gasteiger partial charge on any atom is 0.268 e. The smallest absolute Gasteiger partial charge is 0.268 e. The molecule has 0 spiro atoms. The van der Waals surface area contributed by atoms with E-state index in [2.05, 4.69) is 5.32 Å². The van der Waals surface area contributed by atoms with Crippen LogP contribution < -0.4 is 19.5 Å². The Morgan fingerprint density at radius 2 is 2.07 bits per heavy atom. The molecule has 0 unspecified atom stereocenters. The maximum atomic E-state index is 12.9. The van der Waals surface area contributed by atoms with Gasteiger partial charge in [-0.3, -0.25) is 4.79 Å². The van der Waals surface area contributed by atoms with E-state index < -0.39 is 0 Å². The molecule has 0 fully saturated rings. The van der Waals surface area contributed by atoms with Crippen LogP contribution in [-0.4, -0.2) is 31.3 Å². The Labute approximate surface area is 161 Å². The molecule has 2 heterocycles. The highest BCUT2D eigenvalue weighted by Gasteiger charge is 2.23. The predicted octanol–water partition coefficient (Wildman–Crippen LogP) is 3.63. The van der Waals surface area contributed by atoms with Gasteiger partial charge in [0.1, 0.15) is 29.5 Å². The van der Waals surface area contributed by atoms with Gasteiger partial charge in [-0.05, 0) is 30.3 Å². The number of benzene rings is 2. The molecule has 1 amide bonds. The number of aromatic nitrogens is 1. The first-order valence-electron chi connectivity index (χ1n) is 8.56. The second-order valence-corrected chi connectivity index (χ2v) is 6.61. The van der Waals surface area contributed by atoms with E-state index in [9.17, 15) is 4.79 Å². The number of amides is 1. The van der Waals surface area contributed by atoms with Gasteiger partial charge in [0.2, 0.25) is 0 Å². The number of hydrogen-bond acceptors (Lipinski definition) is 4. The van der Waals surface area contributed by atoms with Crippen molar-refractivity contribution in [3.05, 3.63) is 52.7 Å². The lowest BCUT2D eigenvalue weighted by Gasteiger charge is -2.19. The summed E-state index contributed by atoms with van der Waals surface area (Å²) >= 11 is 6.31. The molecular formula is C20H19ClN2O4. The largest absolute Gasteiger partial charge is 0.497 e. The molecule has 3 aromatic rings. The van der Waals surface area contributed by atoms with Gasteiger partial charge in [0.25, 0.3) is 5.91 Å². The molecular weight excluding hydrogens is 368 g/mol. The number of halogens is 1. The third-order valence-electron chi connectivity index (χ3n) is 4.71. The SMILES string of the molecule is COc1ccc(CNC(=O)c2cc3c(Cl)ccc4c3n2CCO4)c(OC)c1. The van der Waals surface area contributed by atoms with Gasteiger partial charge in [-0.25, -0.2) is 0 Å². The van der Waals surface area contributed by atoms with E-state index in [0.29, 0.717) is 41.9 Å². The van der Waals surface area contributed by atoms with Crippen molar-refractivity contribution in [2.24, 2.45) is 0 Å². The number of rotatable bonds is 5. The number of carbonyl (C=O) groups excluding carboxylic acids is 1. The molecule has 1 aromatic heterocycles. The summed E-state index contributed by atoms with van der Waals surface area (Å²) in [5, 5.41) is 4.38. The molecule has 0 saturated carbocycles. The van der Waals surface area contributed by atoms with Crippen LogP contribution in [0.4, 0.5) is 0 Å². The summed E-state index contributed by atoms with van der Waals surface area (Å²) in [5.74, 6) is 1.94. The normalized spacial score (nSPS) is 12.6. The van der Waals surface area contributed by atoms with Gasteiger partial charge >= 0.3 is 0 Å². The van der Waals surface area contributed by atoms with Crippen LogP contribution >= 0.6 is 11.6 Å². The fourth-order valence-corrected chi connectivity index (χ4v) is 3.57. The predicted molar refractivity (Wildman–Crippen MR) is 103 cm³/mol.